The van der Waals surface area contributed by atoms with E-state index in [1.165, 1.54) is 0 Å². The summed E-state index contributed by atoms with van der Waals surface area (Å²) in [6.07, 6.45) is 1.09. The Morgan fingerprint density at radius 3 is 1.65 bits per heavy atom. The van der Waals surface area contributed by atoms with Gasteiger partial charge in [0.25, 0.3) is 0 Å². The van der Waals surface area contributed by atoms with E-state index < -0.39 is 17.9 Å². The van der Waals surface area contributed by atoms with E-state index in [9.17, 15) is 14.4 Å². The molecule has 0 aromatic rings. The van der Waals surface area contributed by atoms with Crippen LogP contribution in [0.15, 0.2) is 17.1 Å². The maximum atomic E-state index is 9.83. The molecule has 0 amide bonds. The van der Waals surface area contributed by atoms with E-state index in [1.54, 1.807) is 0 Å². The average Bonchev–Trinajstić information content (AvgIpc) is 2.14. The first-order chi connectivity index (χ1) is 7.75. The van der Waals surface area contributed by atoms with Gasteiger partial charge >= 0.3 is 17.9 Å². The van der Waals surface area contributed by atoms with Gasteiger partial charge in [0.15, 0.2) is 5.96 Å². The van der Waals surface area contributed by atoms with Crippen LogP contribution in [0.25, 0.3) is 0 Å². The van der Waals surface area contributed by atoms with E-state index in [2.05, 4.69) is 4.99 Å². The highest BCUT2D eigenvalue weighted by atomic mass is 16.4. The minimum atomic E-state index is -1.26. The summed E-state index contributed by atoms with van der Waals surface area (Å²) in [6, 6.07) is 0. The highest BCUT2D eigenvalue weighted by Gasteiger charge is 1.92. The van der Waals surface area contributed by atoms with E-state index >= 15 is 0 Å². The van der Waals surface area contributed by atoms with Gasteiger partial charge in [0.2, 0.25) is 0 Å². The standard InChI is InChI=1S/C4H9N3O2.C4H4O4/c5-4(6)7-2-1-3(8)9;5-3(6)1-2-4(7)8/h1-2H2,(H,8,9)(H4,5,6,7);1-2H,(H,5,6)(H,7,8)/b;2-1+. The van der Waals surface area contributed by atoms with Gasteiger partial charge < -0.3 is 26.8 Å². The van der Waals surface area contributed by atoms with Crippen LogP contribution in [0.2, 0.25) is 0 Å². The number of guanidine groups is 1. The minimum absolute atomic E-state index is 0.0299. The van der Waals surface area contributed by atoms with Crippen LogP contribution < -0.4 is 11.5 Å². The molecular weight excluding hydrogens is 234 g/mol. The number of carbonyl (C=O) groups is 3. The van der Waals surface area contributed by atoms with Gasteiger partial charge in [0, 0.05) is 12.2 Å². The maximum Gasteiger partial charge on any atom is 0.328 e. The molecule has 0 bridgehead atoms. The number of carboxylic acids is 3. The Labute approximate surface area is 96.1 Å². The Morgan fingerprint density at radius 1 is 1.00 bits per heavy atom. The van der Waals surface area contributed by atoms with Crippen molar-refractivity contribution in [3.8, 4) is 0 Å². The normalized spacial score (nSPS) is 8.94. The zero-order valence-electron chi connectivity index (χ0n) is 8.74. The third kappa shape index (κ3) is 24.7. The predicted molar refractivity (Wildman–Crippen MR) is 57.3 cm³/mol. The molecule has 0 aliphatic heterocycles. The number of aliphatic carboxylic acids is 3. The van der Waals surface area contributed by atoms with Gasteiger partial charge in [-0.15, -0.1) is 0 Å². The number of rotatable bonds is 5. The number of nitrogens with two attached hydrogens (primary N) is 2. The lowest BCUT2D eigenvalue weighted by molar-refractivity contribution is -0.137. The summed E-state index contributed by atoms with van der Waals surface area (Å²) in [4.78, 5) is 32.4. The SMILES string of the molecule is NC(N)=NCCC(=O)O.O=C(O)/C=C/C(=O)O. The largest absolute Gasteiger partial charge is 0.481 e. The number of hydrogen-bond acceptors (Lipinski definition) is 4. The third-order valence-electron chi connectivity index (χ3n) is 0.989. The van der Waals surface area contributed by atoms with E-state index in [1.807, 2.05) is 0 Å². The molecule has 0 aliphatic rings. The first kappa shape index (κ1) is 16.8. The molecule has 9 nitrogen and oxygen atoms in total. The molecule has 0 saturated heterocycles. The molecule has 0 fully saturated rings. The molecule has 0 aromatic heterocycles. The maximum absolute atomic E-state index is 9.83. The van der Waals surface area contributed by atoms with E-state index in [-0.39, 0.29) is 18.9 Å². The average molecular weight is 247 g/mol. The lowest BCUT2D eigenvalue weighted by atomic mass is 10.4. The fourth-order valence-corrected chi connectivity index (χ4v) is 0.423. The van der Waals surface area contributed by atoms with Crippen molar-refractivity contribution in [2.75, 3.05) is 6.54 Å². The Balaban J connectivity index is 0. The topological polar surface area (TPSA) is 176 Å². The number of nitrogens with zero attached hydrogens (tertiary/aromatic N) is 1. The van der Waals surface area contributed by atoms with E-state index in [0.29, 0.717) is 12.2 Å². The molecule has 7 N–H and O–H groups in total. The fourth-order valence-electron chi connectivity index (χ4n) is 0.423. The second kappa shape index (κ2) is 9.96. The molecule has 0 radical (unpaired) electrons. The lowest BCUT2D eigenvalue weighted by Gasteiger charge is -1.89. The summed E-state index contributed by atoms with van der Waals surface area (Å²) in [5.74, 6) is -3.49. The van der Waals surface area contributed by atoms with E-state index in [4.69, 9.17) is 26.8 Å². The Bertz CT molecular complexity index is 316. The highest BCUT2D eigenvalue weighted by Crippen LogP contribution is 1.78. The zero-order valence-corrected chi connectivity index (χ0v) is 8.74. The Kier molecular flexibility index (Phi) is 9.86. The molecule has 0 aliphatic carbocycles. The monoisotopic (exact) mass is 247 g/mol. The second-order valence-corrected chi connectivity index (χ2v) is 2.46. The van der Waals surface area contributed by atoms with Crippen LogP contribution in [0.4, 0.5) is 0 Å². The van der Waals surface area contributed by atoms with Gasteiger partial charge in [-0.05, 0) is 0 Å². The van der Waals surface area contributed by atoms with Crippen LogP contribution in [-0.2, 0) is 14.4 Å². The molecule has 0 atom stereocenters. The fraction of sp³-hybridized carbons (Fsp3) is 0.250. The highest BCUT2D eigenvalue weighted by molar-refractivity contribution is 5.89. The molecular formula is C8H13N3O6. The zero-order chi connectivity index (χ0) is 13.8. The van der Waals surface area contributed by atoms with Gasteiger partial charge in [-0.25, -0.2) is 9.59 Å². The lowest BCUT2D eigenvalue weighted by Crippen LogP contribution is -2.23. The third-order valence-corrected chi connectivity index (χ3v) is 0.989. The van der Waals surface area contributed by atoms with Crippen molar-refractivity contribution in [1.29, 1.82) is 0 Å². The van der Waals surface area contributed by atoms with Gasteiger partial charge in [-0.3, -0.25) is 9.79 Å². The molecule has 17 heavy (non-hydrogen) atoms. The van der Waals surface area contributed by atoms with Gasteiger partial charge in [0.05, 0.1) is 13.0 Å². The molecule has 96 valence electrons. The Morgan fingerprint density at radius 2 is 1.41 bits per heavy atom. The smallest absolute Gasteiger partial charge is 0.328 e. The van der Waals surface area contributed by atoms with Crippen LogP contribution in [0.1, 0.15) is 6.42 Å². The summed E-state index contributed by atoms with van der Waals surface area (Å²) in [6.45, 7) is 0.150. The van der Waals surface area contributed by atoms with Crippen molar-refractivity contribution < 1.29 is 29.7 Å². The summed E-state index contributed by atoms with van der Waals surface area (Å²) < 4.78 is 0. The summed E-state index contributed by atoms with van der Waals surface area (Å²) in [5, 5.41) is 23.7. The summed E-state index contributed by atoms with van der Waals surface area (Å²) >= 11 is 0. The summed E-state index contributed by atoms with van der Waals surface area (Å²) in [5.41, 5.74) is 9.83. The van der Waals surface area contributed by atoms with Crippen LogP contribution in [0.5, 0.6) is 0 Å². The molecule has 0 saturated carbocycles. The van der Waals surface area contributed by atoms with Crippen molar-refractivity contribution >= 4 is 23.9 Å². The minimum Gasteiger partial charge on any atom is -0.481 e. The van der Waals surface area contributed by atoms with Crippen molar-refractivity contribution in [3.05, 3.63) is 12.2 Å². The number of hydrogen-bond donors (Lipinski definition) is 5. The van der Waals surface area contributed by atoms with Crippen LogP contribution in [0, 0.1) is 0 Å². The van der Waals surface area contributed by atoms with Crippen LogP contribution in [-0.4, -0.2) is 45.7 Å². The van der Waals surface area contributed by atoms with Crippen molar-refractivity contribution in [3.63, 3.8) is 0 Å². The molecule has 9 heteroatoms. The summed E-state index contributed by atoms with van der Waals surface area (Å²) in [7, 11) is 0. The van der Waals surface area contributed by atoms with Crippen molar-refractivity contribution in [1.82, 2.24) is 0 Å². The van der Waals surface area contributed by atoms with Crippen molar-refractivity contribution in [2.24, 2.45) is 16.5 Å². The second-order valence-electron chi connectivity index (χ2n) is 2.46. The van der Waals surface area contributed by atoms with Crippen LogP contribution in [0.3, 0.4) is 0 Å². The number of carboxylic acid groups (broad SMARTS) is 3. The van der Waals surface area contributed by atoms with Crippen molar-refractivity contribution in [2.45, 2.75) is 6.42 Å². The molecule has 0 spiro atoms. The molecule has 0 heterocycles. The number of aliphatic imine (C=N–C) groups is 1. The van der Waals surface area contributed by atoms with Crippen LogP contribution >= 0.6 is 0 Å². The first-order valence-corrected chi connectivity index (χ1v) is 4.16. The van der Waals surface area contributed by atoms with E-state index in [0.717, 1.165) is 0 Å². The van der Waals surface area contributed by atoms with Gasteiger partial charge in [0.1, 0.15) is 0 Å². The van der Waals surface area contributed by atoms with Gasteiger partial charge in [-0.1, -0.05) is 0 Å². The quantitative estimate of drug-likeness (QED) is 0.220. The first-order valence-electron chi connectivity index (χ1n) is 4.16. The molecule has 0 unspecified atom stereocenters. The molecule has 0 rings (SSSR count). The van der Waals surface area contributed by atoms with Gasteiger partial charge in [-0.2, -0.15) is 0 Å². The molecule has 0 aromatic carbocycles. The predicted octanol–water partition coefficient (Wildman–Crippen LogP) is -1.55. The Hall–Kier alpha value is -2.58.